The molecule has 0 aromatic heterocycles. The number of rotatable bonds is 6. The van der Waals surface area contributed by atoms with Crippen LogP contribution in [0.5, 0.6) is 5.75 Å². The number of unbranched alkanes of at least 4 members (excludes halogenated alkanes) is 2. The van der Waals surface area contributed by atoms with E-state index < -0.39 is 46.0 Å². The molecule has 1 nitrogen and oxygen atoms in total. The summed E-state index contributed by atoms with van der Waals surface area (Å²) >= 11 is 0. The highest BCUT2D eigenvalue weighted by molar-refractivity contribution is 5.84. The van der Waals surface area contributed by atoms with Gasteiger partial charge in [-0.3, -0.25) is 0 Å². The molecule has 0 aliphatic carbocycles. The maximum Gasteiger partial charge on any atom is 0.166 e. The van der Waals surface area contributed by atoms with E-state index in [0.29, 0.717) is 17.6 Å². The fraction of sp³-hybridized carbons (Fsp3) is 0.172. The van der Waals surface area contributed by atoms with Gasteiger partial charge in [0.15, 0.2) is 11.6 Å². The van der Waals surface area contributed by atoms with E-state index in [1.165, 1.54) is 24.3 Å². The molecule has 0 saturated heterocycles. The highest BCUT2D eigenvalue weighted by Gasteiger charge is 2.18. The minimum absolute atomic E-state index is 0.00807. The third kappa shape index (κ3) is 5.33. The van der Waals surface area contributed by atoms with Crippen LogP contribution >= 0.6 is 0 Å². The minimum Gasteiger partial charge on any atom is -0.493 e. The van der Waals surface area contributed by atoms with E-state index >= 15 is 0 Å². The normalized spacial score (nSPS) is 10.9. The number of halogens is 6. The van der Waals surface area contributed by atoms with E-state index in [1.54, 1.807) is 0 Å². The fourth-order valence-electron chi connectivity index (χ4n) is 3.77. The Balaban J connectivity index is 1.62. The summed E-state index contributed by atoms with van der Waals surface area (Å²) in [5, 5.41) is 0.407. The van der Waals surface area contributed by atoms with Crippen LogP contribution in [0.25, 0.3) is 21.9 Å². The zero-order chi connectivity index (χ0) is 25.8. The summed E-state index contributed by atoms with van der Waals surface area (Å²) in [6.07, 6.45) is 2.61. The first-order chi connectivity index (χ1) is 17.3. The van der Waals surface area contributed by atoms with Gasteiger partial charge in [-0.25, -0.2) is 26.3 Å². The lowest BCUT2D eigenvalue weighted by atomic mass is 10.0. The van der Waals surface area contributed by atoms with Crippen LogP contribution in [0.3, 0.4) is 0 Å². The van der Waals surface area contributed by atoms with Gasteiger partial charge in [0.05, 0.1) is 17.7 Å². The van der Waals surface area contributed by atoms with Gasteiger partial charge in [-0.2, -0.15) is 0 Å². The van der Waals surface area contributed by atoms with Crippen molar-refractivity contribution in [3.8, 4) is 28.7 Å². The van der Waals surface area contributed by atoms with Crippen molar-refractivity contribution in [2.45, 2.75) is 26.2 Å². The molecule has 4 aromatic carbocycles. The third-order valence-electron chi connectivity index (χ3n) is 5.60. The van der Waals surface area contributed by atoms with Crippen LogP contribution in [-0.2, 0) is 0 Å². The van der Waals surface area contributed by atoms with E-state index in [2.05, 4.69) is 11.8 Å². The maximum atomic E-state index is 14.7. The molecular weight excluding hydrogens is 478 g/mol. The van der Waals surface area contributed by atoms with Gasteiger partial charge in [-0.05, 0) is 47.7 Å². The number of hydrogen-bond acceptors (Lipinski definition) is 1. The molecule has 36 heavy (non-hydrogen) atoms. The highest BCUT2D eigenvalue weighted by atomic mass is 19.2. The standard InChI is InChI=1S/C29H20F6O/c1-2-3-4-11-36-20-15-26(33)28(27(34)16-20)19-13-24(31)22(25(32)14-19)9-6-17-5-8-21-18(12-17)7-10-23(30)29(21)35/h5,7-8,10,12-16H,2-4,11H2,1H3. The molecule has 0 spiro atoms. The minimum atomic E-state index is -1.11. The Bertz CT molecular complexity index is 1450. The van der Waals surface area contributed by atoms with Gasteiger partial charge in [0.1, 0.15) is 29.0 Å². The zero-order valence-electron chi connectivity index (χ0n) is 19.2. The van der Waals surface area contributed by atoms with E-state index in [0.717, 1.165) is 49.6 Å². The zero-order valence-corrected chi connectivity index (χ0v) is 19.2. The lowest BCUT2D eigenvalue weighted by Gasteiger charge is -2.11. The third-order valence-corrected chi connectivity index (χ3v) is 5.60. The molecule has 4 rings (SSSR count). The van der Waals surface area contributed by atoms with Crippen LogP contribution in [-0.4, -0.2) is 6.61 Å². The first-order valence-electron chi connectivity index (χ1n) is 11.3. The van der Waals surface area contributed by atoms with Crippen LogP contribution in [0.4, 0.5) is 26.3 Å². The van der Waals surface area contributed by atoms with Crippen molar-refractivity contribution in [2.75, 3.05) is 6.61 Å². The highest BCUT2D eigenvalue weighted by Crippen LogP contribution is 2.32. The Labute approximate surface area is 204 Å². The van der Waals surface area contributed by atoms with E-state index in [-0.39, 0.29) is 16.7 Å². The summed E-state index contributed by atoms with van der Waals surface area (Å²) in [6, 6.07) is 10.0. The van der Waals surface area contributed by atoms with Gasteiger partial charge in [0, 0.05) is 23.1 Å². The fourth-order valence-corrected chi connectivity index (χ4v) is 3.77. The monoisotopic (exact) mass is 498 g/mol. The topological polar surface area (TPSA) is 9.23 Å². The molecule has 0 aliphatic rings. The number of benzene rings is 4. The first-order valence-corrected chi connectivity index (χ1v) is 11.3. The molecule has 4 aromatic rings. The van der Waals surface area contributed by atoms with Gasteiger partial charge in [0.2, 0.25) is 0 Å². The summed E-state index contributed by atoms with van der Waals surface area (Å²) < 4.78 is 91.3. The average Bonchev–Trinajstić information content (AvgIpc) is 2.83. The second kappa shape index (κ2) is 10.8. The van der Waals surface area contributed by atoms with Gasteiger partial charge >= 0.3 is 0 Å². The number of ether oxygens (including phenoxy) is 1. The van der Waals surface area contributed by atoms with Crippen molar-refractivity contribution in [3.05, 3.63) is 101 Å². The molecule has 0 saturated carbocycles. The molecule has 0 unspecified atom stereocenters. The summed E-state index contributed by atoms with van der Waals surface area (Å²) in [4.78, 5) is 0. The Hall–Kier alpha value is -3.92. The predicted octanol–water partition coefficient (Wildman–Crippen LogP) is 8.31. The van der Waals surface area contributed by atoms with Gasteiger partial charge in [0.25, 0.3) is 0 Å². The van der Waals surface area contributed by atoms with Crippen LogP contribution in [0.1, 0.15) is 37.3 Å². The lowest BCUT2D eigenvalue weighted by Crippen LogP contribution is -2.00. The second-order valence-electron chi connectivity index (χ2n) is 8.18. The van der Waals surface area contributed by atoms with Crippen LogP contribution in [0.15, 0.2) is 54.6 Å². The summed E-state index contributed by atoms with van der Waals surface area (Å²) in [7, 11) is 0. The second-order valence-corrected chi connectivity index (χ2v) is 8.18. The molecule has 0 amide bonds. The Morgan fingerprint density at radius 1 is 0.694 bits per heavy atom. The van der Waals surface area contributed by atoms with E-state index in [4.69, 9.17) is 4.74 Å². The first kappa shape index (κ1) is 25.2. The summed E-state index contributed by atoms with van der Waals surface area (Å²) in [5.41, 5.74) is -1.20. The number of hydrogen-bond donors (Lipinski definition) is 0. The molecule has 0 aliphatic heterocycles. The maximum absolute atomic E-state index is 14.7. The Morgan fingerprint density at radius 3 is 2.06 bits per heavy atom. The lowest BCUT2D eigenvalue weighted by molar-refractivity contribution is 0.303. The van der Waals surface area contributed by atoms with Crippen molar-refractivity contribution in [2.24, 2.45) is 0 Å². The summed E-state index contributed by atoms with van der Waals surface area (Å²) in [6.45, 7) is 2.31. The van der Waals surface area contributed by atoms with Crippen molar-refractivity contribution in [1.29, 1.82) is 0 Å². The number of fused-ring (bicyclic) bond motifs is 1. The molecule has 0 bridgehead atoms. The van der Waals surface area contributed by atoms with Crippen LogP contribution in [0, 0.1) is 46.7 Å². The van der Waals surface area contributed by atoms with Crippen molar-refractivity contribution in [1.82, 2.24) is 0 Å². The van der Waals surface area contributed by atoms with Gasteiger partial charge in [-0.15, -0.1) is 0 Å². The Morgan fingerprint density at radius 2 is 1.39 bits per heavy atom. The Kier molecular flexibility index (Phi) is 7.54. The van der Waals surface area contributed by atoms with Crippen molar-refractivity contribution < 1.29 is 31.1 Å². The molecule has 7 heteroatoms. The SMILES string of the molecule is CCCCCOc1cc(F)c(-c2cc(F)c(C#Cc3ccc4c(F)c(F)ccc4c3)c(F)c2)c(F)c1. The van der Waals surface area contributed by atoms with Crippen molar-refractivity contribution in [3.63, 3.8) is 0 Å². The molecule has 0 heterocycles. The predicted molar refractivity (Wildman–Crippen MR) is 127 cm³/mol. The van der Waals surface area contributed by atoms with E-state index in [1.807, 2.05) is 6.92 Å². The van der Waals surface area contributed by atoms with Gasteiger partial charge in [-0.1, -0.05) is 43.7 Å². The largest absolute Gasteiger partial charge is 0.493 e. The smallest absolute Gasteiger partial charge is 0.166 e. The van der Waals surface area contributed by atoms with Crippen molar-refractivity contribution >= 4 is 10.8 Å². The molecule has 184 valence electrons. The molecule has 0 atom stereocenters. The molecule has 0 N–H and O–H groups in total. The van der Waals surface area contributed by atoms with Crippen LogP contribution < -0.4 is 4.74 Å². The summed E-state index contributed by atoms with van der Waals surface area (Å²) in [5.74, 6) is -1.31. The molecular formula is C29H20F6O. The van der Waals surface area contributed by atoms with Gasteiger partial charge < -0.3 is 4.74 Å². The molecule has 0 fully saturated rings. The molecule has 0 radical (unpaired) electrons. The van der Waals surface area contributed by atoms with Crippen LogP contribution in [0.2, 0.25) is 0 Å². The average molecular weight is 498 g/mol. The quantitative estimate of drug-likeness (QED) is 0.148. The van der Waals surface area contributed by atoms with E-state index in [9.17, 15) is 26.3 Å².